The molecular weight excluding hydrogens is 1130 g/mol. The van der Waals surface area contributed by atoms with Crippen LogP contribution in [0.4, 0.5) is 34.1 Å². The molecule has 0 radical (unpaired) electrons. The quantitative estimate of drug-likeness (QED) is 0.149. The van der Waals surface area contributed by atoms with Crippen LogP contribution in [0.5, 0.6) is 0 Å². The predicted octanol–water partition coefficient (Wildman–Crippen LogP) is 20.6. The molecule has 12 aromatic carbocycles. The first-order chi connectivity index (χ1) is 48.7. The number of aromatic nitrogens is 2. The zero-order valence-corrected chi connectivity index (χ0v) is 53.3. The molecule has 0 spiro atoms. The van der Waals surface area contributed by atoms with Gasteiger partial charge in [-0.25, -0.2) is 0 Å². The molecule has 14 aromatic rings. The van der Waals surface area contributed by atoms with E-state index in [-0.39, 0.29) is 63.8 Å². The third-order valence-electron chi connectivity index (χ3n) is 18.9. The topological polar surface area (TPSA) is 63.9 Å². The summed E-state index contributed by atoms with van der Waals surface area (Å²) in [5, 5.41) is 27.2. The Morgan fingerprint density at radius 2 is 0.753 bits per heavy atom. The van der Waals surface area contributed by atoms with Crippen molar-refractivity contribution in [1.82, 2.24) is 9.13 Å². The summed E-state index contributed by atoms with van der Waals surface area (Å²) in [4.78, 5) is 4.22. The Kier molecular flexibility index (Phi) is 10.9. The molecule has 0 atom stereocenters. The van der Waals surface area contributed by atoms with Crippen LogP contribution in [0.2, 0.25) is 0 Å². The summed E-state index contributed by atoms with van der Waals surface area (Å²) in [5.74, 6) is 0. The molecule has 6 nitrogen and oxygen atoms in total. The lowest BCUT2D eigenvalue weighted by Crippen LogP contribution is -2.61. The van der Waals surface area contributed by atoms with E-state index in [4.69, 9.17) is 4.11 Å². The Bertz CT molecular complexity index is 5890. The van der Waals surface area contributed by atoms with Gasteiger partial charge in [-0.2, -0.15) is 10.5 Å². The number of rotatable bonds is 7. The summed E-state index contributed by atoms with van der Waals surface area (Å²) >= 11 is 0. The van der Waals surface area contributed by atoms with Crippen molar-refractivity contribution in [2.24, 2.45) is 0 Å². The lowest BCUT2D eigenvalue weighted by Gasteiger charge is -2.45. The maximum absolute atomic E-state index is 11.8. The van der Waals surface area contributed by atoms with Gasteiger partial charge in [0.05, 0.1) is 56.9 Å². The minimum Gasteiger partial charge on any atom is -0.311 e. The van der Waals surface area contributed by atoms with Gasteiger partial charge in [0.2, 0.25) is 0 Å². The predicted molar refractivity (Wildman–Crippen MR) is 391 cm³/mol. The highest BCUT2D eigenvalue weighted by molar-refractivity contribution is 7.00. The van der Waals surface area contributed by atoms with Gasteiger partial charge in [0.15, 0.2) is 0 Å². The molecule has 0 fully saturated rings. The molecule has 7 heteroatoms. The molecule has 0 amide bonds. The zero-order valence-electron chi connectivity index (χ0n) is 62.3. The third kappa shape index (κ3) is 9.28. The van der Waals surface area contributed by atoms with E-state index in [2.05, 4.69) is 151 Å². The Morgan fingerprint density at radius 3 is 1.27 bits per heavy atom. The monoisotopic (exact) mass is 1210 g/mol. The SMILES string of the molecule is [2H]c1c([2H])c([2H])c(-c2ccc3c(c2)N(c2ccc(C#N)c(-n4c5ccccc5c5ccccc54)c2)c2cc(-c4c([2H])c([2H])c(C(C)(C)C)c([2H])c4[2H])cc4c2B3c2ccc(-c3cc(C(C)(C)C)cc(C(C)(C)C)c3)cc2N4c2cc(-n3c4ccccc4c4ccccc43)ccc2C#N)c([2H])c1[2H]. The fourth-order valence-electron chi connectivity index (χ4n) is 14.2. The van der Waals surface area contributed by atoms with E-state index in [1.807, 2.05) is 136 Å². The summed E-state index contributed by atoms with van der Waals surface area (Å²) in [6.07, 6.45) is 0. The van der Waals surface area contributed by atoms with Gasteiger partial charge >= 0.3 is 0 Å². The van der Waals surface area contributed by atoms with E-state index < -0.39 is 30.3 Å². The summed E-state index contributed by atoms with van der Waals surface area (Å²) < 4.78 is 89.7. The molecule has 0 saturated heterocycles. The van der Waals surface area contributed by atoms with E-state index in [9.17, 15) is 18.7 Å². The Morgan fingerprint density at radius 1 is 0.333 bits per heavy atom. The van der Waals surface area contributed by atoms with Crippen LogP contribution in [0, 0.1) is 22.7 Å². The fourth-order valence-corrected chi connectivity index (χ4v) is 14.2. The number of hydrogen-bond donors (Lipinski definition) is 0. The minimum absolute atomic E-state index is 0.00323. The summed E-state index contributed by atoms with van der Waals surface area (Å²) in [6.45, 7) is 18.3. The molecule has 0 saturated carbocycles. The maximum Gasteiger partial charge on any atom is 0.252 e. The zero-order chi connectivity index (χ0) is 71.7. The Hall–Kier alpha value is -11.1. The Labute approximate surface area is 557 Å². The van der Waals surface area contributed by atoms with E-state index in [1.54, 1.807) is 6.07 Å². The second kappa shape index (κ2) is 21.2. The highest BCUT2D eigenvalue weighted by Gasteiger charge is 2.45. The number of para-hydroxylation sites is 4. The van der Waals surface area contributed by atoms with Gasteiger partial charge in [-0.05, 0) is 168 Å². The van der Waals surface area contributed by atoms with Crippen LogP contribution in [0.25, 0.3) is 88.4 Å². The van der Waals surface area contributed by atoms with Crippen molar-refractivity contribution >= 4 is 101 Å². The van der Waals surface area contributed by atoms with Gasteiger partial charge in [-0.15, -0.1) is 0 Å². The number of hydrogen-bond acceptors (Lipinski definition) is 4. The summed E-state index contributed by atoms with van der Waals surface area (Å²) in [5.41, 5.74) is 15.4. The molecule has 2 aromatic heterocycles. The fraction of sp³-hybridized carbons (Fsp3) is 0.140. The number of anilines is 6. The van der Waals surface area contributed by atoms with Gasteiger partial charge in [0, 0.05) is 55.7 Å². The van der Waals surface area contributed by atoms with Crippen LogP contribution < -0.4 is 26.2 Å². The van der Waals surface area contributed by atoms with Crippen molar-refractivity contribution in [1.29, 1.82) is 10.5 Å². The maximum atomic E-state index is 11.8. The van der Waals surface area contributed by atoms with Crippen LogP contribution in [-0.4, -0.2) is 15.8 Å². The number of nitrogens with zero attached hydrogens (tertiary/aromatic N) is 6. The second-order valence-electron chi connectivity index (χ2n) is 27.7. The lowest BCUT2D eigenvalue weighted by atomic mass is 9.33. The van der Waals surface area contributed by atoms with Crippen molar-refractivity contribution in [2.75, 3.05) is 9.80 Å². The van der Waals surface area contributed by atoms with Gasteiger partial charge in [-0.3, -0.25) is 0 Å². The first kappa shape index (κ1) is 47.8. The van der Waals surface area contributed by atoms with E-state index in [0.717, 1.165) is 87.9 Å². The highest BCUT2D eigenvalue weighted by Crippen LogP contribution is 2.50. The lowest BCUT2D eigenvalue weighted by molar-refractivity contribution is 0.569. The first-order valence-electron chi connectivity index (χ1n) is 36.1. The van der Waals surface area contributed by atoms with Crippen molar-refractivity contribution in [3.63, 3.8) is 0 Å². The summed E-state index contributed by atoms with van der Waals surface area (Å²) in [7, 11) is 0. The second-order valence-corrected chi connectivity index (χ2v) is 27.7. The molecule has 446 valence electrons. The molecule has 4 heterocycles. The Balaban J connectivity index is 1.08. The van der Waals surface area contributed by atoms with Crippen molar-refractivity contribution in [3.05, 3.63) is 282 Å². The van der Waals surface area contributed by atoms with Gasteiger partial charge in [0.25, 0.3) is 6.71 Å². The van der Waals surface area contributed by atoms with E-state index in [1.165, 1.54) is 0 Å². The molecule has 93 heavy (non-hydrogen) atoms. The molecular formula is C86H69BN6. The van der Waals surface area contributed by atoms with E-state index >= 15 is 0 Å². The number of fused-ring (bicyclic) bond motifs is 10. The summed E-state index contributed by atoms with van der Waals surface area (Å²) in [6, 6.07) is 69.3. The highest BCUT2D eigenvalue weighted by atomic mass is 15.2. The molecule has 0 unspecified atom stereocenters. The largest absolute Gasteiger partial charge is 0.311 e. The van der Waals surface area contributed by atoms with E-state index in [0.29, 0.717) is 62.1 Å². The van der Waals surface area contributed by atoms with Crippen LogP contribution >= 0.6 is 0 Å². The van der Waals surface area contributed by atoms with Gasteiger partial charge in [-0.1, -0.05) is 232 Å². The van der Waals surface area contributed by atoms with Crippen LogP contribution in [-0.2, 0) is 16.2 Å². The third-order valence-corrected chi connectivity index (χ3v) is 18.9. The van der Waals surface area contributed by atoms with Crippen LogP contribution in [0.15, 0.2) is 255 Å². The first-order valence-corrected chi connectivity index (χ1v) is 31.6. The van der Waals surface area contributed by atoms with Crippen molar-refractivity contribution < 1.29 is 12.3 Å². The molecule has 0 bridgehead atoms. The number of nitriles is 2. The molecule has 2 aliphatic heterocycles. The average molecular weight is 1210 g/mol. The standard InChI is InChI=1S/C86H69BN6/c1-84(2,3)62-37-31-55(32-38-62)61-47-81-83-82(48-61)93(78-50-65(39-33-59(78)53-89)90-73-27-17-13-23-67(73)68-24-14-18-28-74(68)90)80-46-57(60-43-63(85(4,5)6)49-64(44-60)86(7,8)9)36-42-72(80)87(83)71-41-35-56(54-21-11-10-12-22-54)45-79(71)91(81)66-40-34-58(52-88)77(51-66)92-75-29-19-15-25-69(75)70-26-16-20-30-76(70)92/h10-51H,1-9H3/i10D,11D,12D,21D,22D,31D,32D,37D,38D. The molecule has 16 rings (SSSR count). The van der Waals surface area contributed by atoms with Gasteiger partial charge in [0.1, 0.15) is 12.1 Å². The normalized spacial score (nSPS) is 14.3. The molecule has 0 N–H and O–H groups in total. The van der Waals surface area contributed by atoms with Gasteiger partial charge < -0.3 is 18.9 Å². The van der Waals surface area contributed by atoms with Crippen molar-refractivity contribution in [3.8, 4) is 56.9 Å². The molecule has 2 aliphatic rings. The minimum atomic E-state index is -0.789. The molecule has 0 aliphatic carbocycles. The van der Waals surface area contributed by atoms with Crippen LogP contribution in [0.1, 0.15) is 102 Å². The van der Waals surface area contributed by atoms with Crippen molar-refractivity contribution in [2.45, 2.75) is 78.6 Å². The van der Waals surface area contributed by atoms with Crippen LogP contribution in [0.3, 0.4) is 0 Å². The average Bonchev–Trinajstić information content (AvgIpc) is 0.872. The smallest absolute Gasteiger partial charge is 0.252 e. The number of benzene rings is 12.